The molecule has 0 saturated heterocycles. The van der Waals surface area contributed by atoms with Gasteiger partial charge in [-0.25, -0.2) is 0 Å². The first kappa shape index (κ1) is 12.7. The Morgan fingerprint density at radius 1 is 1.44 bits per heavy atom. The van der Waals surface area contributed by atoms with Crippen LogP contribution in [0.5, 0.6) is 0 Å². The number of nitrogens with two attached hydrogens (primary N) is 2. The molecule has 5 heteroatoms. The van der Waals surface area contributed by atoms with E-state index in [1.807, 2.05) is 6.07 Å². The predicted molar refractivity (Wildman–Crippen MR) is 71.3 cm³/mol. The van der Waals surface area contributed by atoms with Crippen LogP contribution >= 0.6 is 0 Å². The van der Waals surface area contributed by atoms with E-state index >= 15 is 0 Å². The van der Waals surface area contributed by atoms with Crippen molar-refractivity contribution in [3.8, 4) is 0 Å². The van der Waals surface area contributed by atoms with Crippen molar-refractivity contribution < 1.29 is 9.90 Å². The molecule has 1 aromatic rings. The molecule has 98 valence electrons. The first-order valence-electron chi connectivity index (χ1n) is 6.08. The molecule has 1 aromatic carbocycles. The highest BCUT2D eigenvalue weighted by atomic mass is 16.4. The number of anilines is 2. The zero-order chi connectivity index (χ0) is 13.3. The van der Waals surface area contributed by atoms with E-state index in [1.54, 1.807) is 0 Å². The van der Waals surface area contributed by atoms with Crippen LogP contribution in [-0.4, -0.2) is 29.6 Å². The maximum Gasteiger partial charge on any atom is 0.303 e. The van der Waals surface area contributed by atoms with Gasteiger partial charge in [0.2, 0.25) is 0 Å². The Labute approximate surface area is 106 Å². The van der Waals surface area contributed by atoms with Gasteiger partial charge in [0.25, 0.3) is 0 Å². The number of carbonyl (C=O) groups is 1. The summed E-state index contributed by atoms with van der Waals surface area (Å²) >= 11 is 0. The second kappa shape index (κ2) is 4.86. The quantitative estimate of drug-likeness (QED) is 0.691. The molecule has 0 fully saturated rings. The molecule has 1 heterocycles. The number of carboxylic acids is 1. The Morgan fingerprint density at radius 3 is 2.83 bits per heavy atom. The second-order valence-electron chi connectivity index (χ2n) is 4.88. The van der Waals surface area contributed by atoms with E-state index in [2.05, 4.69) is 11.9 Å². The Kier molecular flexibility index (Phi) is 3.43. The summed E-state index contributed by atoms with van der Waals surface area (Å²) < 4.78 is 0. The van der Waals surface area contributed by atoms with Gasteiger partial charge in [0, 0.05) is 19.5 Å². The fourth-order valence-corrected chi connectivity index (χ4v) is 2.48. The number of aryl methyl sites for hydroxylation is 1. The lowest BCUT2D eigenvalue weighted by Gasteiger charge is -2.29. The molecule has 0 atom stereocenters. The van der Waals surface area contributed by atoms with E-state index in [0.29, 0.717) is 17.8 Å². The molecule has 0 bridgehead atoms. The maximum atomic E-state index is 10.7. The molecule has 0 aromatic heterocycles. The van der Waals surface area contributed by atoms with Crippen molar-refractivity contribution in [1.82, 2.24) is 4.90 Å². The molecule has 0 aliphatic carbocycles. The number of benzene rings is 1. The Bertz CT molecular complexity index is 486. The van der Waals surface area contributed by atoms with Crippen LogP contribution in [-0.2, 0) is 24.2 Å². The zero-order valence-corrected chi connectivity index (χ0v) is 10.6. The fourth-order valence-electron chi connectivity index (χ4n) is 2.48. The van der Waals surface area contributed by atoms with Crippen LogP contribution in [0.15, 0.2) is 6.07 Å². The largest absolute Gasteiger partial charge is 0.481 e. The standard InChI is InChI=1S/C13H19N3O2/c1-16-5-4-9-10(7-16)8(2-3-12(17)18)6-11(14)13(9)15/h6H,2-5,7,14-15H2,1H3,(H,17,18). The topological polar surface area (TPSA) is 92.6 Å². The smallest absolute Gasteiger partial charge is 0.303 e. The van der Waals surface area contributed by atoms with Gasteiger partial charge >= 0.3 is 5.97 Å². The van der Waals surface area contributed by atoms with Crippen molar-refractivity contribution in [2.75, 3.05) is 25.1 Å². The third kappa shape index (κ3) is 2.41. The number of aliphatic carboxylic acids is 1. The van der Waals surface area contributed by atoms with Gasteiger partial charge in [0.1, 0.15) is 0 Å². The van der Waals surface area contributed by atoms with Crippen molar-refractivity contribution in [2.45, 2.75) is 25.8 Å². The molecule has 18 heavy (non-hydrogen) atoms. The Morgan fingerprint density at radius 2 is 2.17 bits per heavy atom. The molecule has 1 aliphatic heterocycles. The highest BCUT2D eigenvalue weighted by Gasteiger charge is 2.20. The lowest BCUT2D eigenvalue weighted by atomic mass is 9.90. The summed E-state index contributed by atoms with van der Waals surface area (Å²) in [4.78, 5) is 12.9. The molecule has 1 aliphatic rings. The molecule has 0 saturated carbocycles. The van der Waals surface area contributed by atoms with Gasteiger partial charge in [-0.1, -0.05) is 0 Å². The minimum absolute atomic E-state index is 0.125. The molecule has 0 unspecified atom stereocenters. The van der Waals surface area contributed by atoms with Crippen molar-refractivity contribution in [3.63, 3.8) is 0 Å². The predicted octanol–water partition coefficient (Wildman–Crippen LogP) is 0.856. The molecule has 5 nitrogen and oxygen atoms in total. The van der Waals surface area contributed by atoms with Crippen LogP contribution in [0.3, 0.4) is 0 Å². The van der Waals surface area contributed by atoms with E-state index in [1.165, 1.54) is 0 Å². The minimum atomic E-state index is -0.789. The molecule has 0 radical (unpaired) electrons. The van der Waals surface area contributed by atoms with E-state index in [-0.39, 0.29) is 6.42 Å². The molecular formula is C13H19N3O2. The van der Waals surface area contributed by atoms with E-state index in [0.717, 1.165) is 36.2 Å². The number of likely N-dealkylation sites (N-methyl/N-ethyl adjacent to an activating group) is 1. The lowest BCUT2D eigenvalue weighted by Crippen LogP contribution is -2.28. The first-order valence-corrected chi connectivity index (χ1v) is 6.08. The van der Waals surface area contributed by atoms with Gasteiger partial charge in [-0.05, 0) is 42.6 Å². The highest BCUT2D eigenvalue weighted by Crippen LogP contribution is 2.32. The van der Waals surface area contributed by atoms with Crippen LogP contribution < -0.4 is 11.5 Å². The maximum absolute atomic E-state index is 10.7. The van der Waals surface area contributed by atoms with Crippen LogP contribution in [0.2, 0.25) is 0 Å². The third-order valence-electron chi connectivity index (χ3n) is 3.50. The van der Waals surface area contributed by atoms with Crippen molar-refractivity contribution in [2.24, 2.45) is 0 Å². The number of nitrogen functional groups attached to an aromatic ring is 2. The van der Waals surface area contributed by atoms with Crippen molar-refractivity contribution in [1.29, 1.82) is 0 Å². The van der Waals surface area contributed by atoms with Gasteiger partial charge in [0.15, 0.2) is 0 Å². The van der Waals surface area contributed by atoms with Crippen LogP contribution in [0.25, 0.3) is 0 Å². The van der Waals surface area contributed by atoms with Crippen LogP contribution in [0.1, 0.15) is 23.1 Å². The van der Waals surface area contributed by atoms with Gasteiger partial charge in [-0.2, -0.15) is 0 Å². The van der Waals surface area contributed by atoms with E-state index in [9.17, 15) is 4.79 Å². The summed E-state index contributed by atoms with van der Waals surface area (Å²) in [6.45, 7) is 1.77. The molecule has 2 rings (SSSR count). The summed E-state index contributed by atoms with van der Waals surface area (Å²) in [5.74, 6) is -0.789. The second-order valence-corrected chi connectivity index (χ2v) is 4.88. The number of hydrogen-bond acceptors (Lipinski definition) is 4. The van der Waals surface area contributed by atoms with Crippen molar-refractivity contribution in [3.05, 3.63) is 22.8 Å². The third-order valence-corrected chi connectivity index (χ3v) is 3.50. The summed E-state index contributed by atoms with van der Waals surface area (Å²) in [7, 11) is 2.05. The van der Waals surface area contributed by atoms with E-state index < -0.39 is 5.97 Å². The summed E-state index contributed by atoms with van der Waals surface area (Å²) in [5, 5.41) is 8.79. The lowest BCUT2D eigenvalue weighted by molar-refractivity contribution is -0.136. The van der Waals surface area contributed by atoms with Crippen LogP contribution in [0.4, 0.5) is 11.4 Å². The fraction of sp³-hybridized carbons (Fsp3) is 0.462. The summed E-state index contributed by atoms with van der Waals surface area (Å²) in [6, 6.07) is 1.83. The highest BCUT2D eigenvalue weighted by molar-refractivity contribution is 5.72. The number of fused-ring (bicyclic) bond motifs is 1. The van der Waals surface area contributed by atoms with Gasteiger partial charge in [0.05, 0.1) is 11.4 Å². The van der Waals surface area contributed by atoms with Crippen molar-refractivity contribution >= 4 is 17.3 Å². The first-order chi connectivity index (χ1) is 8.49. The Hall–Kier alpha value is -1.75. The summed E-state index contributed by atoms with van der Waals surface area (Å²) in [6.07, 6.45) is 1.51. The number of hydrogen-bond donors (Lipinski definition) is 3. The number of rotatable bonds is 3. The average Bonchev–Trinajstić information content (AvgIpc) is 2.31. The summed E-state index contributed by atoms with van der Waals surface area (Å²) in [5.41, 5.74) is 16.4. The Balaban J connectivity index is 2.39. The molecule has 5 N–H and O–H groups in total. The van der Waals surface area contributed by atoms with Gasteiger partial charge in [-0.3, -0.25) is 4.79 Å². The van der Waals surface area contributed by atoms with Crippen LogP contribution in [0, 0.1) is 0 Å². The van der Waals surface area contributed by atoms with Gasteiger partial charge < -0.3 is 21.5 Å². The number of nitrogens with zero attached hydrogens (tertiary/aromatic N) is 1. The SMILES string of the molecule is CN1CCc2c(N)c(N)cc(CCC(=O)O)c2C1. The number of carboxylic acid groups (broad SMARTS) is 1. The van der Waals surface area contributed by atoms with E-state index in [4.69, 9.17) is 16.6 Å². The average molecular weight is 249 g/mol. The monoisotopic (exact) mass is 249 g/mol. The molecule has 0 amide bonds. The normalized spacial score (nSPS) is 15.4. The molecule has 0 spiro atoms. The minimum Gasteiger partial charge on any atom is -0.481 e. The zero-order valence-electron chi connectivity index (χ0n) is 10.6. The van der Waals surface area contributed by atoms with Gasteiger partial charge in [-0.15, -0.1) is 0 Å². The molecular weight excluding hydrogens is 230 g/mol.